The fraction of sp³-hybridized carbons (Fsp3) is 0.115. The first kappa shape index (κ1) is 20.8. The second kappa shape index (κ2) is 9.14. The summed E-state index contributed by atoms with van der Waals surface area (Å²) in [5, 5.41) is 7.47. The number of halogens is 1. The highest BCUT2D eigenvalue weighted by Gasteiger charge is 2.25. The molecule has 0 radical (unpaired) electrons. The molecule has 0 fully saturated rings. The molecule has 31 heavy (non-hydrogen) atoms. The number of nitrogens with one attached hydrogen (secondary N) is 2. The molecule has 4 aromatic rings. The first-order chi connectivity index (χ1) is 15.0. The summed E-state index contributed by atoms with van der Waals surface area (Å²) in [6, 6.07) is 25.3. The summed E-state index contributed by atoms with van der Waals surface area (Å²) < 4.78 is 13.6. The second-order valence-corrected chi connectivity index (χ2v) is 8.57. The molecule has 0 aliphatic carbocycles. The quantitative estimate of drug-likeness (QED) is 0.347. The molecule has 0 saturated heterocycles. The van der Waals surface area contributed by atoms with E-state index in [2.05, 4.69) is 17.6 Å². The van der Waals surface area contributed by atoms with Crippen molar-refractivity contribution >= 4 is 27.9 Å². The number of carbonyl (C=O) groups is 1. The molecule has 0 spiro atoms. The Bertz CT molecular complexity index is 1170. The average molecular weight is 431 g/mol. The third-order valence-electron chi connectivity index (χ3n) is 5.27. The molecule has 3 nitrogen and oxygen atoms in total. The molecule has 0 bridgehead atoms. The third-order valence-corrected chi connectivity index (χ3v) is 6.41. The zero-order valence-electron chi connectivity index (χ0n) is 17.4. The van der Waals surface area contributed by atoms with Crippen molar-refractivity contribution in [3.8, 4) is 0 Å². The van der Waals surface area contributed by atoms with E-state index in [-0.39, 0.29) is 17.8 Å². The summed E-state index contributed by atoms with van der Waals surface area (Å²) in [4.78, 5) is 14.0. The molecule has 0 aliphatic rings. The average Bonchev–Trinajstić information content (AvgIpc) is 3.07. The van der Waals surface area contributed by atoms with Crippen molar-refractivity contribution in [2.45, 2.75) is 19.9 Å². The lowest BCUT2D eigenvalue weighted by atomic mass is 9.96. The highest BCUT2D eigenvalue weighted by Crippen LogP contribution is 2.41. The van der Waals surface area contributed by atoms with E-state index >= 15 is 0 Å². The van der Waals surface area contributed by atoms with Gasteiger partial charge >= 0.3 is 0 Å². The Hall–Kier alpha value is -3.44. The first-order valence-electron chi connectivity index (χ1n) is 10.1. The molecule has 0 aliphatic heterocycles. The van der Waals surface area contributed by atoms with Crippen LogP contribution in [-0.2, 0) is 0 Å². The number of amides is 1. The summed E-state index contributed by atoms with van der Waals surface area (Å²) in [6.45, 7) is 4.11. The largest absolute Gasteiger partial charge is 0.374 e. The van der Waals surface area contributed by atoms with Crippen LogP contribution in [-0.4, -0.2) is 5.91 Å². The molecular weight excluding hydrogens is 407 g/mol. The van der Waals surface area contributed by atoms with E-state index in [1.54, 1.807) is 35.6 Å². The Morgan fingerprint density at radius 3 is 2.13 bits per heavy atom. The van der Waals surface area contributed by atoms with Crippen molar-refractivity contribution in [2.24, 2.45) is 0 Å². The zero-order chi connectivity index (χ0) is 21.8. The molecule has 5 heteroatoms. The fourth-order valence-corrected chi connectivity index (χ4v) is 4.62. The van der Waals surface area contributed by atoms with Gasteiger partial charge in [-0.15, -0.1) is 11.3 Å². The van der Waals surface area contributed by atoms with Gasteiger partial charge in [0.05, 0.1) is 6.04 Å². The number of anilines is 2. The van der Waals surface area contributed by atoms with Gasteiger partial charge in [0.1, 0.15) is 10.8 Å². The van der Waals surface area contributed by atoms with Gasteiger partial charge in [-0.1, -0.05) is 48.5 Å². The summed E-state index contributed by atoms with van der Waals surface area (Å²) in [7, 11) is 0. The van der Waals surface area contributed by atoms with Crippen molar-refractivity contribution in [2.75, 3.05) is 10.6 Å². The van der Waals surface area contributed by atoms with Gasteiger partial charge < -0.3 is 10.6 Å². The molecule has 4 rings (SSSR count). The number of hydrogen-bond acceptors (Lipinski definition) is 3. The van der Waals surface area contributed by atoms with Gasteiger partial charge in [-0.2, -0.15) is 0 Å². The number of rotatable bonds is 6. The zero-order valence-corrected chi connectivity index (χ0v) is 18.2. The minimum absolute atomic E-state index is 0.152. The monoisotopic (exact) mass is 430 g/mol. The third kappa shape index (κ3) is 4.67. The minimum atomic E-state index is -0.280. The molecule has 1 atom stereocenters. The number of carbonyl (C=O) groups excluding carboxylic acids is 1. The van der Waals surface area contributed by atoms with Crippen LogP contribution in [0.15, 0.2) is 84.9 Å². The Labute approximate surface area is 185 Å². The molecule has 156 valence electrons. The number of aryl methyl sites for hydroxylation is 1. The maximum absolute atomic E-state index is 13.6. The summed E-state index contributed by atoms with van der Waals surface area (Å²) in [5.41, 5.74) is 4.56. The molecule has 3 aromatic carbocycles. The first-order valence-corrected chi connectivity index (χ1v) is 10.9. The van der Waals surface area contributed by atoms with Crippen LogP contribution < -0.4 is 10.6 Å². The molecule has 1 heterocycles. The van der Waals surface area contributed by atoms with Crippen LogP contribution in [0.4, 0.5) is 15.1 Å². The SMILES string of the molecule is Cc1sc(NC(=O)c2ccccc2)c([C@H](Nc2ccccc2)c2ccc(F)cc2)c1C. The number of hydrogen-bond donors (Lipinski definition) is 2. The summed E-state index contributed by atoms with van der Waals surface area (Å²) in [5.74, 6) is -0.432. The maximum atomic E-state index is 13.6. The van der Waals surface area contributed by atoms with E-state index in [0.717, 1.165) is 32.3 Å². The molecule has 1 aromatic heterocycles. The van der Waals surface area contributed by atoms with Gasteiger partial charge in [0.2, 0.25) is 0 Å². The van der Waals surface area contributed by atoms with Gasteiger partial charge in [-0.05, 0) is 61.4 Å². The van der Waals surface area contributed by atoms with Crippen molar-refractivity contribution in [1.29, 1.82) is 0 Å². The molecule has 0 unspecified atom stereocenters. The lowest BCUT2D eigenvalue weighted by molar-refractivity contribution is 0.102. The highest BCUT2D eigenvalue weighted by atomic mass is 32.1. The Kier molecular flexibility index (Phi) is 6.14. The van der Waals surface area contributed by atoms with Crippen molar-refractivity contribution in [3.63, 3.8) is 0 Å². The number of benzene rings is 3. The van der Waals surface area contributed by atoms with Crippen LogP contribution >= 0.6 is 11.3 Å². The second-order valence-electron chi connectivity index (χ2n) is 7.34. The van der Waals surface area contributed by atoms with E-state index in [4.69, 9.17) is 0 Å². The van der Waals surface area contributed by atoms with Crippen LogP contribution in [0.25, 0.3) is 0 Å². The predicted molar refractivity (Wildman–Crippen MR) is 126 cm³/mol. The Morgan fingerprint density at radius 1 is 0.871 bits per heavy atom. The van der Waals surface area contributed by atoms with Crippen molar-refractivity contribution < 1.29 is 9.18 Å². The summed E-state index contributed by atoms with van der Waals surface area (Å²) >= 11 is 1.55. The smallest absolute Gasteiger partial charge is 0.256 e. The van der Waals surface area contributed by atoms with Crippen LogP contribution in [0.2, 0.25) is 0 Å². The van der Waals surface area contributed by atoms with E-state index in [9.17, 15) is 9.18 Å². The molecule has 0 saturated carbocycles. The van der Waals surface area contributed by atoms with Crippen LogP contribution in [0, 0.1) is 19.7 Å². The number of para-hydroxylation sites is 1. The lowest BCUT2D eigenvalue weighted by Crippen LogP contribution is -2.17. The molecular formula is C26H23FN2OS. The Balaban J connectivity index is 1.77. The van der Waals surface area contributed by atoms with Crippen LogP contribution in [0.1, 0.15) is 38.0 Å². The van der Waals surface area contributed by atoms with Crippen molar-refractivity contribution in [3.05, 3.63) is 118 Å². The molecule has 2 N–H and O–H groups in total. The topological polar surface area (TPSA) is 41.1 Å². The van der Waals surface area contributed by atoms with E-state index in [1.807, 2.05) is 55.5 Å². The Morgan fingerprint density at radius 2 is 1.48 bits per heavy atom. The fourth-order valence-electron chi connectivity index (χ4n) is 3.53. The van der Waals surface area contributed by atoms with Gasteiger partial charge in [0, 0.05) is 21.7 Å². The van der Waals surface area contributed by atoms with Crippen LogP contribution in [0.3, 0.4) is 0 Å². The maximum Gasteiger partial charge on any atom is 0.256 e. The van der Waals surface area contributed by atoms with Gasteiger partial charge in [0.15, 0.2) is 0 Å². The van der Waals surface area contributed by atoms with E-state index in [0.29, 0.717) is 5.56 Å². The van der Waals surface area contributed by atoms with Crippen molar-refractivity contribution in [1.82, 2.24) is 0 Å². The van der Waals surface area contributed by atoms with E-state index < -0.39 is 0 Å². The standard InChI is InChI=1S/C26H23FN2OS/c1-17-18(2)31-26(29-25(30)20-9-5-3-6-10-20)23(17)24(19-13-15-21(27)16-14-19)28-22-11-7-4-8-12-22/h3-16,24,28H,1-2H3,(H,29,30)/t24-/m1/s1. The highest BCUT2D eigenvalue weighted by molar-refractivity contribution is 7.16. The van der Waals surface area contributed by atoms with Crippen LogP contribution in [0.5, 0.6) is 0 Å². The number of thiophene rings is 1. The summed E-state index contributed by atoms with van der Waals surface area (Å²) in [6.07, 6.45) is 0. The minimum Gasteiger partial charge on any atom is -0.374 e. The normalized spacial score (nSPS) is 11.7. The molecule has 1 amide bonds. The predicted octanol–water partition coefficient (Wildman–Crippen LogP) is 6.96. The van der Waals surface area contributed by atoms with E-state index in [1.165, 1.54) is 12.1 Å². The van der Waals surface area contributed by atoms with Gasteiger partial charge in [0.25, 0.3) is 5.91 Å². The lowest BCUT2D eigenvalue weighted by Gasteiger charge is -2.23. The van der Waals surface area contributed by atoms with Gasteiger partial charge in [-0.3, -0.25) is 4.79 Å². The van der Waals surface area contributed by atoms with Gasteiger partial charge in [-0.25, -0.2) is 4.39 Å².